The molecule has 1 heterocycles. The van der Waals surface area contributed by atoms with Crippen LogP contribution in [0.1, 0.15) is 0 Å². The number of benzene rings is 3. The molecule has 6 heteroatoms. The number of ether oxygens (including phenoxy) is 3. The van der Waals surface area contributed by atoms with E-state index in [-0.39, 0.29) is 12.5 Å². The summed E-state index contributed by atoms with van der Waals surface area (Å²) in [5, 5.41) is 4.74. The van der Waals surface area contributed by atoms with E-state index in [4.69, 9.17) is 18.6 Å². The number of furan rings is 1. The summed E-state index contributed by atoms with van der Waals surface area (Å²) in [5.74, 6) is 1.45. The standard InChI is InChI=1S/C22H19NO5/c1-25-14-7-10-21(26-2)18(12-14)23-22(24)13-27-15-8-9-20-17(11-15)16-5-3-4-6-19(16)28-20/h3-12H,13H2,1-2H3,(H,23,24). The van der Waals surface area contributed by atoms with Crippen molar-refractivity contribution in [2.75, 3.05) is 26.1 Å². The van der Waals surface area contributed by atoms with Gasteiger partial charge in [0.1, 0.15) is 28.4 Å². The molecule has 1 amide bonds. The zero-order chi connectivity index (χ0) is 19.5. The SMILES string of the molecule is COc1ccc(OC)c(NC(=O)COc2ccc3oc4ccccc4c3c2)c1. The summed E-state index contributed by atoms with van der Waals surface area (Å²) in [6.45, 7) is -0.137. The average molecular weight is 377 g/mol. The Morgan fingerprint density at radius 3 is 2.50 bits per heavy atom. The van der Waals surface area contributed by atoms with Crippen molar-refractivity contribution in [3.63, 3.8) is 0 Å². The number of rotatable bonds is 6. The van der Waals surface area contributed by atoms with Crippen molar-refractivity contribution < 1.29 is 23.4 Å². The Morgan fingerprint density at radius 2 is 1.68 bits per heavy atom. The third-order valence-electron chi connectivity index (χ3n) is 4.40. The van der Waals surface area contributed by atoms with Gasteiger partial charge in [0, 0.05) is 16.8 Å². The van der Waals surface area contributed by atoms with E-state index in [1.165, 1.54) is 0 Å². The summed E-state index contributed by atoms with van der Waals surface area (Å²) in [4.78, 5) is 12.3. The average Bonchev–Trinajstić information content (AvgIpc) is 3.10. The van der Waals surface area contributed by atoms with Crippen LogP contribution >= 0.6 is 0 Å². The number of nitrogens with one attached hydrogen (secondary N) is 1. The molecule has 0 saturated carbocycles. The number of carbonyl (C=O) groups is 1. The fourth-order valence-corrected chi connectivity index (χ4v) is 3.04. The summed E-state index contributed by atoms with van der Waals surface area (Å²) in [5.41, 5.74) is 2.11. The maximum Gasteiger partial charge on any atom is 0.262 e. The highest BCUT2D eigenvalue weighted by atomic mass is 16.5. The van der Waals surface area contributed by atoms with Crippen LogP contribution in [-0.4, -0.2) is 26.7 Å². The van der Waals surface area contributed by atoms with Crippen molar-refractivity contribution in [1.29, 1.82) is 0 Å². The van der Waals surface area contributed by atoms with E-state index in [9.17, 15) is 4.79 Å². The first-order chi connectivity index (χ1) is 13.7. The minimum atomic E-state index is -0.302. The summed E-state index contributed by atoms with van der Waals surface area (Å²) in [6.07, 6.45) is 0. The lowest BCUT2D eigenvalue weighted by molar-refractivity contribution is -0.118. The Kier molecular flexibility index (Phi) is 4.76. The minimum absolute atomic E-state index is 0.137. The number of carbonyl (C=O) groups excluding carboxylic acids is 1. The minimum Gasteiger partial charge on any atom is -0.497 e. The topological polar surface area (TPSA) is 69.9 Å². The third-order valence-corrected chi connectivity index (χ3v) is 4.40. The predicted molar refractivity (Wildman–Crippen MR) is 107 cm³/mol. The van der Waals surface area contributed by atoms with E-state index in [1.54, 1.807) is 38.5 Å². The zero-order valence-corrected chi connectivity index (χ0v) is 15.5. The van der Waals surface area contributed by atoms with Crippen LogP contribution in [0, 0.1) is 0 Å². The number of hydrogen-bond acceptors (Lipinski definition) is 5. The quantitative estimate of drug-likeness (QED) is 0.531. The van der Waals surface area contributed by atoms with Gasteiger partial charge in [0.15, 0.2) is 6.61 Å². The second kappa shape index (κ2) is 7.52. The van der Waals surface area contributed by atoms with Gasteiger partial charge in [-0.15, -0.1) is 0 Å². The molecule has 6 nitrogen and oxygen atoms in total. The molecule has 3 aromatic carbocycles. The molecule has 142 valence electrons. The number of methoxy groups -OCH3 is 2. The van der Waals surface area contributed by atoms with Crippen LogP contribution in [-0.2, 0) is 4.79 Å². The predicted octanol–water partition coefficient (Wildman–Crippen LogP) is 4.62. The monoisotopic (exact) mass is 377 g/mol. The normalized spacial score (nSPS) is 10.8. The van der Waals surface area contributed by atoms with Crippen LogP contribution in [0.3, 0.4) is 0 Å². The van der Waals surface area contributed by atoms with Gasteiger partial charge in [-0.25, -0.2) is 0 Å². The number of amides is 1. The van der Waals surface area contributed by atoms with E-state index in [0.29, 0.717) is 22.9 Å². The molecule has 0 unspecified atom stereocenters. The Bertz CT molecular complexity index is 1150. The van der Waals surface area contributed by atoms with E-state index >= 15 is 0 Å². The summed E-state index contributed by atoms with van der Waals surface area (Å²) in [6, 6.07) is 18.5. The summed E-state index contributed by atoms with van der Waals surface area (Å²) in [7, 11) is 3.10. The lowest BCUT2D eigenvalue weighted by atomic mass is 10.1. The number of hydrogen-bond donors (Lipinski definition) is 1. The Labute approximate surface area is 161 Å². The summed E-state index contributed by atoms with van der Waals surface area (Å²) >= 11 is 0. The molecule has 4 rings (SSSR count). The highest BCUT2D eigenvalue weighted by Gasteiger charge is 2.11. The van der Waals surface area contributed by atoms with Gasteiger partial charge in [-0.05, 0) is 36.4 Å². The fourth-order valence-electron chi connectivity index (χ4n) is 3.04. The van der Waals surface area contributed by atoms with Crippen LogP contribution < -0.4 is 19.5 Å². The van der Waals surface area contributed by atoms with Gasteiger partial charge in [-0.1, -0.05) is 18.2 Å². The molecule has 28 heavy (non-hydrogen) atoms. The lowest BCUT2D eigenvalue weighted by Crippen LogP contribution is -2.20. The Balaban J connectivity index is 1.48. The zero-order valence-electron chi connectivity index (χ0n) is 15.5. The molecule has 0 aliphatic rings. The second-order valence-electron chi connectivity index (χ2n) is 6.16. The molecular weight excluding hydrogens is 358 g/mol. The van der Waals surface area contributed by atoms with Gasteiger partial charge in [-0.2, -0.15) is 0 Å². The van der Waals surface area contributed by atoms with E-state index in [2.05, 4.69) is 5.32 Å². The highest BCUT2D eigenvalue weighted by Crippen LogP contribution is 2.31. The molecule has 4 aromatic rings. The molecule has 0 bridgehead atoms. The molecule has 0 fully saturated rings. The molecule has 0 atom stereocenters. The van der Waals surface area contributed by atoms with Gasteiger partial charge in [0.05, 0.1) is 19.9 Å². The fraction of sp³-hybridized carbons (Fsp3) is 0.136. The van der Waals surface area contributed by atoms with Gasteiger partial charge in [0.25, 0.3) is 5.91 Å². The smallest absolute Gasteiger partial charge is 0.262 e. The maximum absolute atomic E-state index is 12.3. The molecule has 1 N–H and O–H groups in total. The first-order valence-electron chi connectivity index (χ1n) is 8.74. The summed E-state index contributed by atoms with van der Waals surface area (Å²) < 4.78 is 21.9. The van der Waals surface area contributed by atoms with Gasteiger partial charge < -0.3 is 23.9 Å². The molecule has 0 spiro atoms. The molecule has 0 radical (unpaired) electrons. The van der Waals surface area contributed by atoms with Crippen LogP contribution in [0.4, 0.5) is 5.69 Å². The molecule has 0 aliphatic carbocycles. The Morgan fingerprint density at radius 1 is 0.893 bits per heavy atom. The van der Waals surface area contributed by atoms with Crippen LogP contribution in [0.2, 0.25) is 0 Å². The molecular formula is C22H19NO5. The van der Waals surface area contributed by atoms with E-state index in [1.807, 2.05) is 36.4 Å². The lowest BCUT2D eigenvalue weighted by Gasteiger charge is -2.12. The second-order valence-corrected chi connectivity index (χ2v) is 6.16. The number of fused-ring (bicyclic) bond motifs is 3. The number of anilines is 1. The van der Waals surface area contributed by atoms with Crippen molar-refractivity contribution in [2.45, 2.75) is 0 Å². The maximum atomic E-state index is 12.3. The number of para-hydroxylation sites is 1. The van der Waals surface area contributed by atoms with Crippen LogP contribution in [0.25, 0.3) is 21.9 Å². The largest absolute Gasteiger partial charge is 0.497 e. The van der Waals surface area contributed by atoms with E-state index in [0.717, 1.165) is 21.9 Å². The molecule has 0 aliphatic heterocycles. The van der Waals surface area contributed by atoms with Crippen molar-refractivity contribution >= 4 is 33.5 Å². The van der Waals surface area contributed by atoms with E-state index < -0.39 is 0 Å². The third kappa shape index (κ3) is 3.44. The molecule has 0 saturated heterocycles. The van der Waals surface area contributed by atoms with Crippen LogP contribution in [0.15, 0.2) is 65.1 Å². The van der Waals surface area contributed by atoms with Gasteiger partial charge in [-0.3, -0.25) is 4.79 Å². The Hall–Kier alpha value is -3.67. The molecule has 1 aromatic heterocycles. The highest BCUT2D eigenvalue weighted by molar-refractivity contribution is 6.05. The van der Waals surface area contributed by atoms with Gasteiger partial charge in [0.2, 0.25) is 0 Å². The first kappa shape index (κ1) is 17.7. The van der Waals surface area contributed by atoms with Gasteiger partial charge >= 0.3 is 0 Å². The van der Waals surface area contributed by atoms with Crippen molar-refractivity contribution in [3.05, 3.63) is 60.7 Å². The van der Waals surface area contributed by atoms with Crippen molar-refractivity contribution in [3.8, 4) is 17.2 Å². The van der Waals surface area contributed by atoms with Crippen molar-refractivity contribution in [2.24, 2.45) is 0 Å². The van der Waals surface area contributed by atoms with Crippen molar-refractivity contribution in [1.82, 2.24) is 0 Å². The van der Waals surface area contributed by atoms with Crippen LogP contribution in [0.5, 0.6) is 17.2 Å². The first-order valence-corrected chi connectivity index (χ1v) is 8.74.